The molecule has 19 heavy (non-hydrogen) atoms. The summed E-state index contributed by atoms with van der Waals surface area (Å²) in [5.74, 6) is 0.525. The number of rotatable bonds is 4. The molecule has 5 heteroatoms. The van der Waals surface area contributed by atoms with Crippen LogP contribution in [0.4, 0.5) is 0 Å². The first-order valence-corrected chi connectivity index (χ1v) is 6.87. The lowest BCUT2D eigenvalue weighted by Gasteiger charge is -2.39. The standard InChI is InChI=1S/C14H16ClNO3/c15-11-1-2-13-10(4-11)5-12(19-13)8-16-6-9(7-16)3-14(17)18/h1-2,4,9,12H,3,5-8H2,(H,17,18). The summed E-state index contributed by atoms with van der Waals surface area (Å²) in [6, 6.07) is 5.72. The zero-order valence-electron chi connectivity index (χ0n) is 10.5. The second-order valence-corrected chi connectivity index (χ2v) is 5.81. The number of carboxylic acid groups (broad SMARTS) is 1. The second kappa shape index (κ2) is 5.02. The number of carboxylic acids is 1. The summed E-state index contributed by atoms with van der Waals surface area (Å²) in [7, 11) is 0. The first-order chi connectivity index (χ1) is 9.10. The average molecular weight is 282 g/mol. The normalized spacial score (nSPS) is 22.7. The van der Waals surface area contributed by atoms with E-state index in [4.69, 9.17) is 21.4 Å². The molecule has 0 saturated carbocycles. The quantitative estimate of drug-likeness (QED) is 0.918. The van der Waals surface area contributed by atoms with Crippen LogP contribution in [-0.2, 0) is 11.2 Å². The summed E-state index contributed by atoms with van der Waals surface area (Å²) < 4.78 is 5.87. The van der Waals surface area contributed by atoms with Gasteiger partial charge in [0.05, 0.1) is 6.42 Å². The van der Waals surface area contributed by atoms with Gasteiger partial charge in [0.1, 0.15) is 11.9 Å². The molecule has 0 bridgehead atoms. The highest BCUT2D eigenvalue weighted by atomic mass is 35.5. The first kappa shape index (κ1) is 12.8. The predicted molar refractivity (Wildman–Crippen MR) is 71.8 cm³/mol. The van der Waals surface area contributed by atoms with Crippen LogP contribution in [0.3, 0.4) is 0 Å². The van der Waals surface area contributed by atoms with Crippen molar-refractivity contribution in [1.82, 2.24) is 4.90 Å². The smallest absolute Gasteiger partial charge is 0.303 e. The Morgan fingerprint density at radius 3 is 3.00 bits per heavy atom. The molecule has 0 amide bonds. The minimum Gasteiger partial charge on any atom is -0.488 e. The highest BCUT2D eigenvalue weighted by Crippen LogP contribution is 2.32. The highest BCUT2D eigenvalue weighted by Gasteiger charge is 2.32. The number of hydrogen-bond acceptors (Lipinski definition) is 3. The topological polar surface area (TPSA) is 49.8 Å². The molecule has 2 aliphatic rings. The maximum Gasteiger partial charge on any atom is 0.303 e. The van der Waals surface area contributed by atoms with E-state index in [2.05, 4.69) is 4.90 Å². The number of halogens is 1. The zero-order chi connectivity index (χ0) is 13.4. The second-order valence-electron chi connectivity index (χ2n) is 5.38. The summed E-state index contributed by atoms with van der Waals surface area (Å²) in [5, 5.41) is 9.45. The van der Waals surface area contributed by atoms with E-state index in [0.717, 1.165) is 36.8 Å². The van der Waals surface area contributed by atoms with Crippen LogP contribution in [0.5, 0.6) is 5.75 Å². The Kier molecular flexibility index (Phi) is 3.37. The monoisotopic (exact) mass is 281 g/mol. The highest BCUT2D eigenvalue weighted by molar-refractivity contribution is 6.30. The van der Waals surface area contributed by atoms with Crippen molar-refractivity contribution in [3.63, 3.8) is 0 Å². The molecule has 0 spiro atoms. The molecular weight excluding hydrogens is 266 g/mol. The predicted octanol–water partition coefficient (Wildman–Crippen LogP) is 2.05. The van der Waals surface area contributed by atoms with Crippen molar-refractivity contribution in [1.29, 1.82) is 0 Å². The van der Waals surface area contributed by atoms with Crippen LogP contribution in [-0.4, -0.2) is 41.7 Å². The van der Waals surface area contributed by atoms with Crippen LogP contribution < -0.4 is 4.74 Å². The Morgan fingerprint density at radius 2 is 2.26 bits per heavy atom. The van der Waals surface area contributed by atoms with E-state index in [9.17, 15) is 4.79 Å². The first-order valence-electron chi connectivity index (χ1n) is 6.49. The van der Waals surface area contributed by atoms with Crippen molar-refractivity contribution >= 4 is 17.6 Å². The number of benzene rings is 1. The SMILES string of the molecule is O=C(O)CC1CN(CC2Cc3cc(Cl)ccc3O2)C1. The van der Waals surface area contributed by atoms with Crippen LogP contribution in [0, 0.1) is 5.92 Å². The molecule has 1 aromatic rings. The number of fused-ring (bicyclic) bond motifs is 1. The molecule has 1 unspecified atom stereocenters. The summed E-state index contributed by atoms with van der Waals surface area (Å²) in [6.07, 6.45) is 1.33. The van der Waals surface area contributed by atoms with Gasteiger partial charge in [-0.25, -0.2) is 0 Å². The van der Waals surface area contributed by atoms with Gasteiger partial charge in [-0.15, -0.1) is 0 Å². The van der Waals surface area contributed by atoms with Gasteiger partial charge in [0.25, 0.3) is 0 Å². The Labute approximate surface area is 116 Å². The van der Waals surface area contributed by atoms with Gasteiger partial charge in [-0.3, -0.25) is 9.69 Å². The Hall–Kier alpha value is -1.26. The molecule has 0 radical (unpaired) electrons. The van der Waals surface area contributed by atoms with Gasteiger partial charge in [-0.2, -0.15) is 0 Å². The van der Waals surface area contributed by atoms with Gasteiger partial charge in [0.15, 0.2) is 0 Å². The molecule has 4 nitrogen and oxygen atoms in total. The number of likely N-dealkylation sites (tertiary alicyclic amines) is 1. The van der Waals surface area contributed by atoms with Crippen LogP contribution in [0.15, 0.2) is 18.2 Å². The average Bonchev–Trinajstić information content (AvgIpc) is 2.67. The largest absolute Gasteiger partial charge is 0.488 e. The van der Waals surface area contributed by atoms with E-state index in [1.54, 1.807) is 0 Å². The molecular formula is C14H16ClNO3. The van der Waals surface area contributed by atoms with Crippen LogP contribution in [0.2, 0.25) is 5.02 Å². The fraction of sp³-hybridized carbons (Fsp3) is 0.500. The fourth-order valence-electron chi connectivity index (χ4n) is 2.88. The van der Waals surface area contributed by atoms with Crippen molar-refractivity contribution in [2.75, 3.05) is 19.6 Å². The number of ether oxygens (including phenoxy) is 1. The number of nitrogens with zero attached hydrogens (tertiary/aromatic N) is 1. The van der Waals surface area contributed by atoms with Crippen LogP contribution in [0.25, 0.3) is 0 Å². The van der Waals surface area contributed by atoms with Gasteiger partial charge >= 0.3 is 5.97 Å². The molecule has 2 aliphatic heterocycles. The van der Waals surface area contributed by atoms with Crippen molar-refractivity contribution in [2.24, 2.45) is 5.92 Å². The van der Waals surface area contributed by atoms with Crippen molar-refractivity contribution < 1.29 is 14.6 Å². The third-order valence-electron chi connectivity index (χ3n) is 3.72. The third kappa shape index (κ3) is 2.85. The van der Waals surface area contributed by atoms with Crippen molar-refractivity contribution in [3.8, 4) is 5.75 Å². The van der Waals surface area contributed by atoms with Gasteiger partial charge in [-0.1, -0.05) is 11.6 Å². The molecule has 3 rings (SSSR count). The molecule has 1 atom stereocenters. The molecule has 1 saturated heterocycles. The summed E-state index contributed by atoms with van der Waals surface area (Å²) in [4.78, 5) is 12.8. The summed E-state index contributed by atoms with van der Waals surface area (Å²) in [6.45, 7) is 2.59. The minimum absolute atomic E-state index is 0.166. The van der Waals surface area contributed by atoms with E-state index in [1.165, 1.54) is 5.56 Å². The molecule has 2 heterocycles. The minimum atomic E-state index is -0.705. The fourth-order valence-corrected chi connectivity index (χ4v) is 3.08. The molecule has 0 aliphatic carbocycles. The Bertz CT molecular complexity index is 499. The third-order valence-corrected chi connectivity index (χ3v) is 3.96. The molecule has 102 valence electrons. The maximum absolute atomic E-state index is 10.6. The number of hydrogen-bond donors (Lipinski definition) is 1. The summed E-state index contributed by atoms with van der Waals surface area (Å²) >= 11 is 5.96. The lowest BCUT2D eigenvalue weighted by molar-refractivity contribution is -0.139. The van der Waals surface area contributed by atoms with E-state index >= 15 is 0 Å². The molecule has 1 N–H and O–H groups in total. The van der Waals surface area contributed by atoms with Gasteiger partial charge in [0.2, 0.25) is 0 Å². The van der Waals surface area contributed by atoms with Crippen LogP contribution in [0.1, 0.15) is 12.0 Å². The Balaban J connectivity index is 1.48. The van der Waals surface area contributed by atoms with Crippen LogP contribution >= 0.6 is 11.6 Å². The van der Waals surface area contributed by atoms with Gasteiger partial charge in [-0.05, 0) is 29.7 Å². The number of aliphatic carboxylic acids is 1. The Morgan fingerprint density at radius 1 is 1.47 bits per heavy atom. The molecule has 1 fully saturated rings. The molecule has 0 aromatic heterocycles. The van der Waals surface area contributed by atoms with Gasteiger partial charge in [0, 0.05) is 31.1 Å². The van der Waals surface area contributed by atoms with Gasteiger partial charge < -0.3 is 9.84 Å². The maximum atomic E-state index is 10.6. The number of carbonyl (C=O) groups is 1. The lowest BCUT2D eigenvalue weighted by atomic mass is 9.95. The zero-order valence-corrected chi connectivity index (χ0v) is 11.3. The summed E-state index contributed by atoms with van der Waals surface area (Å²) in [5.41, 5.74) is 1.17. The van der Waals surface area contributed by atoms with E-state index < -0.39 is 5.97 Å². The van der Waals surface area contributed by atoms with E-state index in [1.807, 2.05) is 18.2 Å². The van der Waals surface area contributed by atoms with E-state index in [0.29, 0.717) is 5.92 Å². The molecule has 1 aromatic carbocycles. The lowest BCUT2D eigenvalue weighted by Crippen LogP contribution is -2.50. The van der Waals surface area contributed by atoms with Crippen molar-refractivity contribution in [3.05, 3.63) is 28.8 Å². The van der Waals surface area contributed by atoms with Crippen molar-refractivity contribution in [2.45, 2.75) is 18.9 Å². The van der Waals surface area contributed by atoms with E-state index in [-0.39, 0.29) is 12.5 Å².